The summed E-state index contributed by atoms with van der Waals surface area (Å²) in [6, 6.07) is 8.01. The van der Waals surface area contributed by atoms with Crippen LogP contribution in [-0.2, 0) is 0 Å². The van der Waals surface area contributed by atoms with Crippen LogP contribution >= 0.6 is 0 Å². The van der Waals surface area contributed by atoms with E-state index in [9.17, 15) is 0 Å². The first-order chi connectivity index (χ1) is 5.86. The number of anilines is 2. The summed E-state index contributed by atoms with van der Waals surface area (Å²) in [4.78, 5) is 0. The van der Waals surface area contributed by atoms with E-state index >= 15 is 0 Å². The van der Waals surface area contributed by atoms with Gasteiger partial charge in [0.2, 0.25) is 0 Å². The van der Waals surface area contributed by atoms with Crippen LogP contribution in [0, 0.1) is 0 Å². The van der Waals surface area contributed by atoms with E-state index < -0.39 is 0 Å². The minimum absolute atomic E-state index is 0.848. The van der Waals surface area contributed by atoms with Crippen LogP contribution in [0.15, 0.2) is 49.8 Å². The summed E-state index contributed by atoms with van der Waals surface area (Å²) < 4.78 is 0. The van der Waals surface area contributed by atoms with Gasteiger partial charge in [-0.3, -0.25) is 0 Å². The molecule has 0 saturated carbocycles. The van der Waals surface area contributed by atoms with Gasteiger partial charge in [0.1, 0.15) is 5.82 Å². The summed E-state index contributed by atoms with van der Waals surface area (Å²) in [5.74, 6) is 0.848. The van der Waals surface area contributed by atoms with Gasteiger partial charge in [-0.2, -0.15) is 0 Å². The van der Waals surface area contributed by atoms with E-state index in [1.54, 1.807) is 0 Å². The summed E-state index contributed by atoms with van der Waals surface area (Å²) in [7, 11) is 0. The Labute approximate surface area is 72.6 Å². The van der Waals surface area contributed by atoms with Crippen LogP contribution in [0.25, 0.3) is 0 Å². The number of benzene rings is 1. The SMILES string of the molecule is C=C.C=C1Nc2ccccc2N1. The second kappa shape index (κ2) is 3.62. The van der Waals surface area contributed by atoms with E-state index in [0.717, 1.165) is 17.2 Å². The van der Waals surface area contributed by atoms with Gasteiger partial charge in [0.25, 0.3) is 0 Å². The minimum atomic E-state index is 0.848. The van der Waals surface area contributed by atoms with Crippen molar-refractivity contribution in [1.29, 1.82) is 0 Å². The molecule has 0 bridgehead atoms. The van der Waals surface area contributed by atoms with E-state index in [-0.39, 0.29) is 0 Å². The molecular formula is C10H12N2. The molecular weight excluding hydrogens is 148 g/mol. The molecule has 0 saturated heterocycles. The lowest BCUT2D eigenvalue weighted by Crippen LogP contribution is -1.94. The Hall–Kier alpha value is -1.70. The molecule has 0 fully saturated rings. The first-order valence-electron chi connectivity index (χ1n) is 3.68. The Morgan fingerprint density at radius 1 is 0.917 bits per heavy atom. The molecule has 62 valence electrons. The molecule has 2 rings (SSSR count). The van der Waals surface area contributed by atoms with Crippen molar-refractivity contribution in [2.75, 3.05) is 10.6 Å². The summed E-state index contributed by atoms with van der Waals surface area (Å²) in [6.07, 6.45) is 0. The lowest BCUT2D eigenvalue weighted by atomic mass is 10.3. The zero-order valence-electron chi connectivity index (χ0n) is 6.93. The normalized spacial score (nSPS) is 11.8. The third-order valence-corrected chi connectivity index (χ3v) is 1.50. The van der Waals surface area contributed by atoms with Crippen molar-refractivity contribution < 1.29 is 0 Å². The predicted molar refractivity (Wildman–Crippen MR) is 54.1 cm³/mol. The molecule has 0 atom stereocenters. The van der Waals surface area contributed by atoms with Gasteiger partial charge in [0.15, 0.2) is 0 Å². The molecule has 1 aliphatic heterocycles. The third kappa shape index (κ3) is 1.48. The van der Waals surface area contributed by atoms with Crippen LogP contribution in [0.5, 0.6) is 0 Å². The molecule has 0 amide bonds. The molecule has 0 unspecified atom stereocenters. The van der Waals surface area contributed by atoms with Crippen LogP contribution in [-0.4, -0.2) is 0 Å². The number of hydrogen-bond donors (Lipinski definition) is 2. The average Bonchev–Trinajstić information content (AvgIpc) is 2.48. The smallest absolute Gasteiger partial charge is 0.100 e. The zero-order valence-corrected chi connectivity index (χ0v) is 6.93. The van der Waals surface area contributed by atoms with Crippen molar-refractivity contribution in [1.82, 2.24) is 0 Å². The van der Waals surface area contributed by atoms with E-state index in [2.05, 4.69) is 30.4 Å². The molecule has 1 aromatic carbocycles. The quantitative estimate of drug-likeness (QED) is 0.570. The molecule has 1 aromatic rings. The number of fused-ring (bicyclic) bond motifs is 1. The van der Waals surface area contributed by atoms with Gasteiger partial charge in [0.05, 0.1) is 11.4 Å². The van der Waals surface area contributed by atoms with Crippen LogP contribution in [0.1, 0.15) is 0 Å². The van der Waals surface area contributed by atoms with E-state index in [1.165, 1.54) is 0 Å². The number of hydrogen-bond acceptors (Lipinski definition) is 2. The third-order valence-electron chi connectivity index (χ3n) is 1.50. The maximum absolute atomic E-state index is 3.75. The monoisotopic (exact) mass is 160 g/mol. The highest BCUT2D eigenvalue weighted by molar-refractivity contribution is 5.78. The second-order valence-electron chi connectivity index (χ2n) is 2.27. The zero-order chi connectivity index (χ0) is 8.97. The van der Waals surface area contributed by atoms with Crippen LogP contribution in [0.4, 0.5) is 11.4 Å². The molecule has 2 nitrogen and oxygen atoms in total. The average molecular weight is 160 g/mol. The largest absolute Gasteiger partial charge is 0.341 e. The Balaban J connectivity index is 0.000000336. The van der Waals surface area contributed by atoms with Gasteiger partial charge < -0.3 is 10.6 Å². The Morgan fingerprint density at radius 2 is 1.33 bits per heavy atom. The molecule has 2 heteroatoms. The highest BCUT2D eigenvalue weighted by Gasteiger charge is 2.08. The fourth-order valence-electron chi connectivity index (χ4n) is 1.06. The van der Waals surface area contributed by atoms with E-state index in [1.807, 2.05) is 24.3 Å². The summed E-state index contributed by atoms with van der Waals surface area (Å²) >= 11 is 0. The first kappa shape index (κ1) is 8.40. The van der Waals surface area contributed by atoms with Crippen LogP contribution in [0.3, 0.4) is 0 Å². The van der Waals surface area contributed by atoms with Crippen LogP contribution < -0.4 is 10.6 Å². The van der Waals surface area contributed by atoms with Crippen molar-refractivity contribution in [3.05, 3.63) is 49.8 Å². The molecule has 0 aromatic heterocycles. The predicted octanol–water partition coefficient (Wildman–Crippen LogP) is 2.80. The van der Waals surface area contributed by atoms with E-state index in [0.29, 0.717) is 0 Å². The number of nitrogens with one attached hydrogen (secondary N) is 2. The highest BCUT2D eigenvalue weighted by Crippen LogP contribution is 2.28. The Morgan fingerprint density at radius 3 is 1.75 bits per heavy atom. The molecule has 12 heavy (non-hydrogen) atoms. The van der Waals surface area contributed by atoms with Gasteiger partial charge in [-0.05, 0) is 12.1 Å². The van der Waals surface area contributed by atoms with Gasteiger partial charge in [-0.1, -0.05) is 18.7 Å². The maximum Gasteiger partial charge on any atom is 0.100 e. The van der Waals surface area contributed by atoms with Gasteiger partial charge in [-0.25, -0.2) is 0 Å². The molecule has 0 radical (unpaired) electrons. The number of para-hydroxylation sites is 2. The van der Waals surface area contributed by atoms with Crippen molar-refractivity contribution in [2.24, 2.45) is 0 Å². The minimum Gasteiger partial charge on any atom is -0.341 e. The maximum atomic E-state index is 3.75. The van der Waals surface area contributed by atoms with Crippen molar-refractivity contribution in [3.63, 3.8) is 0 Å². The molecule has 1 aliphatic rings. The molecule has 1 heterocycles. The van der Waals surface area contributed by atoms with Gasteiger partial charge in [-0.15, -0.1) is 13.2 Å². The van der Waals surface area contributed by atoms with E-state index in [4.69, 9.17) is 0 Å². The van der Waals surface area contributed by atoms with Gasteiger partial charge >= 0.3 is 0 Å². The fourth-order valence-corrected chi connectivity index (χ4v) is 1.06. The highest BCUT2D eigenvalue weighted by atomic mass is 15.2. The Kier molecular flexibility index (Phi) is 2.53. The standard InChI is InChI=1S/C8H8N2.C2H4/c1-6-9-7-4-2-3-5-8(7)10-6;1-2/h2-5,9-10H,1H2;1-2H2. The van der Waals surface area contributed by atoms with Crippen molar-refractivity contribution in [2.45, 2.75) is 0 Å². The van der Waals surface area contributed by atoms with Gasteiger partial charge in [0, 0.05) is 0 Å². The molecule has 2 N–H and O–H groups in total. The van der Waals surface area contributed by atoms with Crippen molar-refractivity contribution >= 4 is 11.4 Å². The summed E-state index contributed by atoms with van der Waals surface area (Å²) in [6.45, 7) is 9.75. The van der Waals surface area contributed by atoms with Crippen LogP contribution in [0.2, 0.25) is 0 Å². The topological polar surface area (TPSA) is 24.1 Å². The molecule has 0 aliphatic carbocycles. The lowest BCUT2D eigenvalue weighted by molar-refractivity contribution is 1.52. The number of rotatable bonds is 0. The van der Waals surface area contributed by atoms with Crippen molar-refractivity contribution in [3.8, 4) is 0 Å². The summed E-state index contributed by atoms with van der Waals surface area (Å²) in [5, 5.41) is 6.18. The second-order valence-corrected chi connectivity index (χ2v) is 2.27. The first-order valence-corrected chi connectivity index (χ1v) is 3.68. The Bertz CT molecular complexity index is 265. The molecule has 0 spiro atoms. The lowest BCUT2D eigenvalue weighted by Gasteiger charge is -1.92. The summed E-state index contributed by atoms with van der Waals surface area (Å²) in [5.41, 5.74) is 2.21. The fraction of sp³-hybridized carbons (Fsp3) is 0.